The van der Waals surface area contributed by atoms with Crippen LogP contribution in [-0.4, -0.2) is 22.6 Å². The van der Waals surface area contributed by atoms with Gasteiger partial charge in [0.25, 0.3) is 6.71 Å². The minimum atomic E-state index is -0.0611. The zero-order chi connectivity index (χ0) is 42.8. The van der Waals surface area contributed by atoms with Crippen molar-refractivity contribution < 1.29 is 4.74 Å². The Bertz CT molecular complexity index is 3880. The number of fused-ring (bicyclic) bond motifs is 16. The van der Waals surface area contributed by atoms with E-state index in [2.05, 4.69) is 215 Å². The first-order chi connectivity index (χ1) is 32.8. The lowest BCUT2D eigenvalue weighted by Crippen LogP contribution is -2.62. The Kier molecular flexibility index (Phi) is 6.91. The van der Waals surface area contributed by atoms with E-state index in [1.165, 1.54) is 125 Å². The highest BCUT2D eigenvalue weighted by molar-refractivity contribution is 8.00. The van der Waals surface area contributed by atoms with Crippen molar-refractivity contribution >= 4 is 102 Å². The molecule has 4 aliphatic heterocycles. The van der Waals surface area contributed by atoms with Crippen LogP contribution in [0.2, 0.25) is 0 Å². The minimum absolute atomic E-state index is 0.00324. The van der Waals surface area contributed by atoms with Crippen LogP contribution in [-0.2, 0) is 0 Å². The van der Waals surface area contributed by atoms with E-state index in [9.17, 15) is 0 Å². The quantitative estimate of drug-likeness (QED) is 0.165. The van der Waals surface area contributed by atoms with Gasteiger partial charge in [-0.3, -0.25) is 0 Å². The van der Waals surface area contributed by atoms with Crippen LogP contribution in [0.3, 0.4) is 0 Å². The summed E-state index contributed by atoms with van der Waals surface area (Å²) in [7, 11) is 0. The van der Waals surface area contributed by atoms with Crippen LogP contribution in [0.4, 0.5) is 0 Å². The summed E-state index contributed by atoms with van der Waals surface area (Å²) in [6.45, 7) is -0.0643. The molecular formula is C60H34B2N2OS. The first-order valence-electron chi connectivity index (χ1n) is 22.9. The fraction of sp³-hybridized carbons (Fsp3) is 0. The largest absolute Gasteiger partial charge is 0.458 e. The third-order valence-corrected chi connectivity index (χ3v) is 16.2. The Labute approximate surface area is 385 Å². The summed E-state index contributed by atoms with van der Waals surface area (Å²) in [6, 6.07) is 76.6. The number of para-hydroxylation sites is 4. The molecule has 0 N–H and O–H groups in total. The zero-order valence-corrected chi connectivity index (χ0v) is 36.3. The zero-order valence-electron chi connectivity index (χ0n) is 35.5. The summed E-state index contributed by atoms with van der Waals surface area (Å²) in [4.78, 5) is 2.56. The van der Waals surface area contributed by atoms with Gasteiger partial charge in [0.05, 0.1) is 22.1 Å². The topological polar surface area (TPSA) is 19.1 Å². The van der Waals surface area contributed by atoms with Crippen molar-refractivity contribution in [3.05, 3.63) is 206 Å². The van der Waals surface area contributed by atoms with E-state index in [-0.39, 0.29) is 13.4 Å². The van der Waals surface area contributed by atoms with Crippen molar-refractivity contribution in [2.75, 3.05) is 0 Å². The van der Waals surface area contributed by atoms with Gasteiger partial charge in [-0.05, 0) is 91.5 Å². The van der Waals surface area contributed by atoms with Gasteiger partial charge in [-0.25, -0.2) is 0 Å². The van der Waals surface area contributed by atoms with Gasteiger partial charge < -0.3 is 13.9 Å². The van der Waals surface area contributed by atoms with Gasteiger partial charge in [0, 0.05) is 48.3 Å². The van der Waals surface area contributed by atoms with E-state index < -0.39 is 0 Å². The average Bonchev–Trinajstić information content (AvgIpc) is 3.92. The van der Waals surface area contributed by atoms with Gasteiger partial charge in [0.1, 0.15) is 11.5 Å². The normalized spacial score (nSPS) is 13.5. The predicted molar refractivity (Wildman–Crippen MR) is 278 cm³/mol. The van der Waals surface area contributed by atoms with Crippen molar-refractivity contribution in [1.82, 2.24) is 9.13 Å². The third-order valence-electron chi connectivity index (χ3n) is 15.0. The first kappa shape index (κ1) is 35.4. The number of aromatic nitrogens is 2. The average molecular weight is 853 g/mol. The Balaban J connectivity index is 1.06. The summed E-state index contributed by atoms with van der Waals surface area (Å²) in [6.07, 6.45) is 0. The summed E-state index contributed by atoms with van der Waals surface area (Å²) in [5.74, 6) is 1.88. The number of rotatable bonds is 3. The minimum Gasteiger partial charge on any atom is -0.458 e. The molecule has 0 unspecified atom stereocenters. The maximum atomic E-state index is 7.68. The fourth-order valence-electron chi connectivity index (χ4n) is 12.5. The highest BCUT2D eigenvalue weighted by atomic mass is 32.2. The van der Waals surface area contributed by atoms with Crippen LogP contribution >= 0.6 is 11.8 Å². The Morgan fingerprint density at radius 2 is 0.894 bits per heavy atom. The highest BCUT2D eigenvalue weighted by Crippen LogP contribution is 2.51. The van der Waals surface area contributed by atoms with Gasteiger partial charge in [-0.15, -0.1) is 0 Å². The predicted octanol–water partition coefficient (Wildman–Crippen LogP) is 11.1. The van der Waals surface area contributed by atoms with Gasteiger partial charge in [0.2, 0.25) is 6.71 Å². The molecule has 4 aliphatic rings. The number of hydrogen-bond acceptors (Lipinski definition) is 2. The maximum Gasteiger partial charge on any atom is 0.256 e. The van der Waals surface area contributed by atoms with Crippen LogP contribution in [0.25, 0.3) is 88.4 Å². The summed E-state index contributed by atoms with van der Waals surface area (Å²) in [5, 5.41) is 5.14. The molecule has 10 aromatic carbocycles. The number of ether oxygens (including phenoxy) is 1. The molecule has 0 fully saturated rings. The van der Waals surface area contributed by atoms with Crippen LogP contribution in [0.5, 0.6) is 11.5 Å². The van der Waals surface area contributed by atoms with Crippen molar-refractivity contribution in [2.24, 2.45) is 0 Å². The lowest BCUT2D eigenvalue weighted by atomic mass is 9.31. The third kappa shape index (κ3) is 4.43. The second-order valence-corrected chi connectivity index (χ2v) is 19.3. The lowest BCUT2D eigenvalue weighted by molar-refractivity contribution is 0.489. The molecular weight excluding hydrogens is 818 g/mol. The van der Waals surface area contributed by atoms with Crippen LogP contribution in [0.15, 0.2) is 216 Å². The Morgan fingerprint density at radius 3 is 1.50 bits per heavy atom. The molecule has 0 aliphatic carbocycles. The van der Waals surface area contributed by atoms with Gasteiger partial charge in [-0.2, -0.15) is 0 Å². The molecule has 6 heteroatoms. The Morgan fingerprint density at radius 1 is 0.409 bits per heavy atom. The van der Waals surface area contributed by atoms with Crippen LogP contribution in [0, 0.1) is 0 Å². The molecule has 0 amide bonds. The Hall–Kier alpha value is -7.92. The molecule has 66 heavy (non-hydrogen) atoms. The molecule has 6 heterocycles. The summed E-state index contributed by atoms with van der Waals surface area (Å²) in [5.41, 5.74) is 22.5. The highest BCUT2D eigenvalue weighted by Gasteiger charge is 2.47. The standard InChI is InChI=1S/C60H34B2N2OS/c1-4-18-35(19-5-1)40-32-50-55-57-53(40)38-24-10-14-28-46(38)63(57)48-30-16-12-26-42(48)61(55)44-34-45-60(52(59(44)65-50)37-22-8-3-9-23-37)66-51-33-41(36-20-6-2-7-21-36)54-39-25-11-15-29-47(39)64-49-31-17-13-27-43(49)62(45)56(51)58(54)64/h1-34H. The number of nitrogens with zero attached hydrogens (tertiary/aromatic N) is 2. The summed E-state index contributed by atoms with van der Waals surface area (Å²) >= 11 is 1.93. The van der Waals surface area contributed by atoms with Crippen molar-refractivity contribution in [3.63, 3.8) is 0 Å². The molecule has 0 saturated heterocycles. The van der Waals surface area contributed by atoms with Crippen molar-refractivity contribution in [3.8, 4) is 56.3 Å². The number of hydrogen-bond donors (Lipinski definition) is 0. The van der Waals surface area contributed by atoms with Gasteiger partial charge in [0.15, 0.2) is 0 Å². The molecule has 0 saturated carbocycles. The molecule has 302 valence electrons. The monoisotopic (exact) mass is 852 g/mol. The maximum absolute atomic E-state index is 7.68. The van der Waals surface area contributed by atoms with Crippen molar-refractivity contribution in [2.45, 2.75) is 9.79 Å². The van der Waals surface area contributed by atoms with E-state index in [0.29, 0.717) is 0 Å². The molecule has 3 nitrogen and oxygen atoms in total. The second-order valence-electron chi connectivity index (χ2n) is 18.2. The molecule has 16 rings (SSSR count). The molecule has 12 aromatic rings. The van der Waals surface area contributed by atoms with E-state index in [1.807, 2.05) is 11.8 Å². The smallest absolute Gasteiger partial charge is 0.256 e. The van der Waals surface area contributed by atoms with E-state index >= 15 is 0 Å². The van der Waals surface area contributed by atoms with Gasteiger partial charge >= 0.3 is 0 Å². The molecule has 0 radical (unpaired) electrons. The molecule has 2 aromatic heterocycles. The van der Waals surface area contributed by atoms with Crippen molar-refractivity contribution in [1.29, 1.82) is 0 Å². The van der Waals surface area contributed by atoms with Crippen LogP contribution in [0.1, 0.15) is 0 Å². The first-order valence-corrected chi connectivity index (χ1v) is 23.7. The molecule has 0 atom stereocenters. The fourth-order valence-corrected chi connectivity index (χ4v) is 13.8. The summed E-state index contributed by atoms with van der Waals surface area (Å²) < 4.78 is 12.8. The molecule has 0 bridgehead atoms. The lowest BCUT2D eigenvalue weighted by Gasteiger charge is -2.38. The van der Waals surface area contributed by atoms with Gasteiger partial charge in [-0.1, -0.05) is 187 Å². The SMILES string of the molecule is c1ccc(-c2c3c(cc4c2Sc2cc(-c5ccccc5)c5c6ccccc6n6c5c2B4c2ccccc2-6)B2c4ccccc4-n4c5ccccc5c5c(-c6ccccc6)cc(c2c54)O3)cc1. The number of benzene rings is 10. The van der Waals surface area contributed by atoms with Crippen LogP contribution < -0.4 is 37.5 Å². The molecule has 0 spiro atoms. The van der Waals surface area contributed by atoms with E-state index in [1.54, 1.807) is 0 Å². The van der Waals surface area contributed by atoms with E-state index in [0.717, 1.165) is 17.1 Å². The van der Waals surface area contributed by atoms with E-state index in [4.69, 9.17) is 4.74 Å². The second kappa shape index (κ2) is 12.9.